The SMILES string of the molecule is CC(CCBr)CNC(=O)c1ccc(Cl)cc1Cl. The molecule has 1 aromatic rings. The fraction of sp³-hybridized carbons (Fsp3) is 0.417. The second-order valence-corrected chi connectivity index (χ2v) is 5.55. The molecule has 1 aromatic carbocycles. The molecule has 0 aliphatic heterocycles. The molecular formula is C12H14BrCl2NO. The fourth-order valence-electron chi connectivity index (χ4n) is 1.32. The van der Waals surface area contributed by atoms with Crippen LogP contribution in [0.3, 0.4) is 0 Å². The highest BCUT2D eigenvalue weighted by Crippen LogP contribution is 2.20. The van der Waals surface area contributed by atoms with Crippen molar-refractivity contribution in [3.8, 4) is 0 Å². The predicted molar refractivity (Wildman–Crippen MR) is 76.4 cm³/mol. The van der Waals surface area contributed by atoms with Gasteiger partial charge in [0.2, 0.25) is 0 Å². The first-order valence-electron chi connectivity index (χ1n) is 5.33. The van der Waals surface area contributed by atoms with Gasteiger partial charge in [-0.1, -0.05) is 46.1 Å². The molecule has 0 aliphatic rings. The Balaban J connectivity index is 2.58. The van der Waals surface area contributed by atoms with Crippen LogP contribution in [-0.4, -0.2) is 17.8 Å². The largest absolute Gasteiger partial charge is 0.352 e. The molecule has 2 nitrogen and oxygen atoms in total. The minimum atomic E-state index is -0.159. The van der Waals surface area contributed by atoms with Crippen molar-refractivity contribution in [2.45, 2.75) is 13.3 Å². The first-order valence-corrected chi connectivity index (χ1v) is 7.21. The van der Waals surface area contributed by atoms with Crippen LogP contribution >= 0.6 is 39.1 Å². The van der Waals surface area contributed by atoms with Gasteiger partial charge in [-0.15, -0.1) is 0 Å². The molecule has 94 valence electrons. The van der Waals surface area contributed by atoms with Crippen molar-refractivity contribution in [1.29, 1.82) is 0 Å². The van der Waals surface area contributed by atoms with Crippen LogP contribution < -0.4 is 5.32 Å². The Morgan fingerprint density at radius 3 is 2.76 bits per heavy atom. The summed E-state index contributed by atoms with van der Waals surface area (Å²) in [5, 5.41) is 4.70. The van der Waals surface area contributed by atoms with Gasteiger partial charge in [-0.3, -0.25) is 4.79 Å². The third-order valence-electron chi connectivity index (χ3n) is 2.39. The maximum Gasteiger partial charge on any atom is 0.252 e. The van der Waals surface area contributed by atoms with E-state index in [1.807, 2.05) is 0 Å². The van der Waals surface area contributed by atoms with Gasteiger partial charge < -0.3 is 5.32 Å². The average molecular weight is 339 g/mol. The van der Waals surface area contributed by atoms with E-state index in [0.29, 0.717) is 28.1 Å². The van der Waals surface area contributed by atoms with Crippen LogP contribution in [0.4, 0.5) is 0 Å². The van der Waals surface area contributed by atoms with Crippen molar-refractivity contribution in [2.24, 2.45) is 5.92 Å². The van der Waals surface area contributed by atoms with E-state index in [-0.39, 0.29) is 5.91 Å². The molecule has 0 saturated carbocycles. The molecule has 1 rings (SSSR count). The number of carbonyl (C=O) groups excluding carboxylic acids is 1. The fourth-order valence-corrected chi connectivity index (χ4v) is 2.60. The van der Waals surface area contributed by atoms with Crippen molar-refractivity contribution in [3.05, 3.63) is 33.8 Å². The lowest BCUT2D eigenvalue weighted by atomic mass is 10.1. The molecule has 1 atom stereocenters. The van der Waals surface area contributed by atoms with Gasteiger partial charge in [-0.2, -0.15) is 0 Å². The minimum Gasteiger partial charge on any atom is -0.352 e. The van der Waals surface area contributed by atoms with Crippen LogP contribution in [0, 0.1) is 5.92 Å². The standard InChI is InChI=1S/C12H14BrCl2NO/c1-8(4-5-13)7-16-12(17)10-3-2-9(14)6-11(10)15/h2-3,6,8H,4-5,7H2,1H3,(H,16,17). The quantitative estimate of drug-likeness (QED) is 0.803. The van der Waals surface area contributed by atoms with Gasteiger partial charge in [0, 0.05) is 16.9 Å². The maximum absolute atomic E-state index is 11.8. The van der Waals surface area contributed by atoms with Gasteiger partial charge in [0.1, 0.15) is 0 Å². The van der Waals surface area contributed by atoms with E-state index in [1.165, 1.54) is 0 Å². The van der Waals surface area contributed by atoms with E-state index in [1.54, 1.807) is 18.2 Å². The van der Waals surface area contributed by atoms with Gasteiger partial charge in [-0.05, 0) is 30.5 Å². The summed E-state index contributed by atoms with van der Waals surface area (Å²) >= 11 is 15.1. The van der Waals surface area contributed by atoms with E-state index in [4.69, 9.17) is 23.2 Å². The zero-order chi connectivity index (χ0) is 12.8. The first-order chi connectivity index (χ1) is 8.04. The van der Waals surface area contributed by atoms with Gasteiger partial charge >= 0.3 is 0 Å². The van der Waals surface area contributed by atoms with Crippen LogP contribution in [-0.2, 0) is 0 Å². The van der Waals surface area contributed by atoms with Crippen LogP contribution in [0.25, 0.3) is 0 Å². The number of hydrogen-bond donors (Lipinski definition) is 1. The minimum absolute atomic E-state index is 0.159. The molecule has 0 bridgehead atoms. The Bertz CT molecular complexity index is 398. The number of halogens is 3. The zero-order valence-electron chi connectivity index (χ0n) is 9.47. The van der Waals surface area contributed by atoms with Gasteiger partial charge in [0.15, 0.2) is 0 Å². The monoisotopic (exact) mass is 337 g/mol. The van der Waals surface area contributed by atoms with Crippen LogP contribution in [0.15, 0.2) is 18.2 Å². The summed E-state index contributed by atoms with van der Waals surface area (Å²) in [6.45, 7) is 2.73. The Morgan fingerprint density at radius 2 is 2.18 bits per heavy atom. The number of nitrogens with one attached hydrogen (secondary N) is 1. The molecule has 0 saturated heterocycles. The summed E-state index contributed by atoms with van der Waals surface area (Å²) in [5.41, 5.74) is 0.460. The number of benzene rings is 1. The molecule has 1 amide bonds. The lowest BCUT2D eigenvalue weighted by Gasteiger charge is -2.11. The number of carbonyl (C=O) groups is 1. The molecule has 0 radical (unpaired) electrons. The number of hydrogen-bond acceptors (Lipinski definition) is 1. The average Bonchev–Trinajstić information content (AvgIpc) is 2.26. The lowest BCUT2D eigenvalue weighted by Crippen LogP contribution is -2.28. The summed E-state index contributed by atoms with van der Waals surface area (Å²) in [6.07, 6.45) is 1.02. The molecular weight excluding hydrogens is 325 g/mol. The predicted octanol–water partition coefficient (Wildman–Crippen LogP) is 4.14. The third kappa shape index (κ3) is 4.86. The third-order valence-corrected chi connectivity index (χ3v) is 3.39. The molecule has 0 fully saturated rings. The Kier molecular flexibility index (Phi) is 6.31. The number of rotatable bonds is 5. The maximum atomic E-state index is 11.8. The first kappa shape index (κ1) is 14.8. The molecule has 0 aromatic heterocycles. The molecule has 17 heavy (non-hydrogen) atoms. The second-order valence-electron chi connectivity index (χ2n) is 3.92. The Labute approximate surface area is 120 Å². The van der Waals surface area contributed by atoms with Crippen LogP contribution in [0.5, 0.6) is 0 Å². The number of amides is 1. The molecule has 5 heteroatoms. The number of alkyl halides is 1. The summed E-state index contributed by atoms with van der Waals surface area (Å²) in [4.78, 5) is 11.8. The Hall–Kier alpha value is -0.250. The molecule has 0 heterocycles. The molecule has 1 unspecified atom stereocenters. The topological polar surface area (TPSA) is 29.1 Å². The summed E-state index contributed by atoms with van der Waals surface area (Å²) in [5.74, 6) is 0.275. The van der Waals surface area contributed by atoms with Crippen molar-refractivity contribution in [2.75, 3.05) is 11.9 Å². The van der Waals surface area contributed by atoms with Crippen LogP contribution in [0.2, 0.25) is 10.0 Å². The van der Waals surface area contributed by atoms with E-state index in [2.05, 4.69) is 28.2 Å². The summed E-state index contributed by atoms with van der Waals surface area (Å²) in [7, 11) is 0. The summed E-state index contributed by atoms with van der Waals surface area (Å²) < 4.78 is 0. The van der Waals surface area contributed by atoms with E-state index in [0.717, 1.165) is 11.8 Å². The normalized spacial score (nSPS) is 12.2. The summed E-state index contributed by atoms with van der Waals surface area (Å²) in [6, 6.07) is 4.86. The van der Waals surface area contributed by atoms with Gasteiger partial charge in [0.05, 0.1) is 10.6 Å². The highest BCUT2D eigenvalue weighted by molar-refractivity contribution is 9.09. The lowest BCUT2D eigenvalue weighted by molar-refractivity contribution is 0.0948. The molecule has 0 aliphatic carbocycles. The van der Waals surface area contributed by atoms with Crippen molar-refractivity contribution in [1.82, 2.24) is 5.32 Å². The van der Waals surface area contributed by atoms with Crippen molar-refractivity contribution < 1.29 is 4.79 Å². The highest BCUT2D eigenvalue weighted by Gasteiger charge is 2.11. The zero-order valence-corrected chi connectivity index (χ0v) is 12.6. The molecule has 0 spiro atoms. The Morgan fingerprint density at radius 1 is 1.47 bits per heavy atom. The van der Waals surface area contributed by atoms with E-state index >= 15 is 0 Å². The van der Waals surface area contributed by atoms with Crippen molar-refractivity contribution in [3.63, 3.8) is 0 Å². The van der Waals surface area contributed by atoms with Crippen molar-refractivity contribution >= 4 is 45.0 Å². The van der Waals surface area contributed by atoms with E-state index < -0.39 is 0 Å². The van der Waals surface area contributed by atoms with Gasteiger partial charge in [-0.25, -0.2) is 0 Å². The van der Waals surface area contributed by atoms with Crippen LogP contribution in [0.1, 0.15) is 23.7 Å². The van der Waals surface area contributed by atoms with Gasteiger partial charge in [0.25, 0.3) is 5.91 Å². The smallest absolute Gasteiger partial charge is 0.252 e. The second kappa shape index (κ2) is 7.24. The highest BCUT2D eigenvalue weighted by atomic mass is 79.9. The van der Waals surface area contributed by atoms with E-state index in [9.17, 15) is 4.79 Å². The molecule has 1 N–H and O–H groups in total.